The maximum absolute atomic E-state index is 12.4. The summed E-state index contributed by atoms with van der Waals surface area (Å²) in [6.07, 6.45) is 0.174. The van der Waals surface area contributed by atoms with Crippen LogP contribution in [0.3, 0.4) is 0 Å². The van der Waals surface area contributed by atoms with Crippen molar-refractivity contribution in [3.63, 3.8) is 0 Å². The van der Waals surface area contributed by atoms with Gasteiger partial charge in [-0.15, -0.1) is 0 Å². The minimum Gasteiger partial charge on any atom is -0.497 e. The molecule has 0 heterocycles. The van der Waals surface area contributed by atoms with Crippen molar-refractivity contribution >= 4 is 23.2 Å². The van der Waals surface area contributed by atoms with Gasteiger partial charge in [-0.3, -0.25) is 9.59 Å². The molecular weight excluding hydrogens is 344 g/mol. The normalized spacial score (nSPS) is 10.4. The van der Waals surface area contributed by atoms with Gasteiger partial charge in [-0.2, -0.15) is 0 Å². The third-order valence-corrected chi connectivity index (χ3v) is 3.85. The van der Waals surface area contributed by atoms with Crippen molar-refractivity contribution in [2.75, 3.05) is 23.9 Å². The fraction of sp³-hybridized carbons (Fsp3) is 0.333. The van der Waals surface area contributed by atoms with Gasteiger partial charge in [0.15, 0.2) is 0 Å². The van der Waals surface area contributed by atoms with E-state index in [4.69, 9.17) is 9.47 Å². The van der Waals surface area contributed by atoms with Crippen molar-refractivity contribution in [1.29, 1.82) is 0 Å². The van der Waals surface area contributed by atoms with E-state index in [0.29, 0.717) is 17.2 Å². The minimum absolute atomic E-state index is 0.00586. The molecule has 2 rings (SSSR count). The van der Waals surface area contributed by atoms with E-state index in [1.807, 2.05) is 32.0 Å². The van der Waals surface area contributed by atoms with E-state index in [1.54, 1.807) is 42.3 Å². The van der Waals surface area contributed by atoms with Crippen molar-refractivity contribution in [1.82, 2.24) is 0 Å². The van der Waals surface area contributed by atoms with Crippen molar-refractivity contribution in [3.05, 3.63) is 48.5 Å². The lowest BCUT2D eigenvalue weighted by molar-refractivity contribution is -0.117. The Morgan fingerprint density at radius 1 is 1.07 bits per heavy atom. The molecule has 6 nitrogen and oxygen atoms in total. The van der Waals surface area contributed by atoms with Gasteiger partial charge < -0.3 is 19.7 Å². The molecule has 0 spiro atoms. The molecule has 6 heteroatoms. The van der Waals surface area contributed by atoms with Gasteiger partial charge in [-0.05, 0) is 50.2 Å². The van der Waals surface area contributed by atoms with Crippen LogP contribution in [-0.2, 0) is 9.59 Å². The summed E-state index contributed by atoms with van der Waals surface area (Å²) < 4.78 is 10.8. The predicted octanol–water partition coefficient (Wildman–Crippen LogP) is 3.86. The minimum atomic E-state index is -0.186. The molecule has 0 atom stereocenters. The van der Waals surface area contributed by atoms with E-state index in [1.165, 1.54) is 6.92 Å². The van der Waals surface area contributed by atoms with E-state index in [2.05, 4.69) is 5.32 Å². The number of nitrogens with zero attached hydrogens (tertiary/aromatic N) is 1. The first kappa shape index (κ1) is 20.3. The monoisotopic (exact) mass is 370 g/mol. The first-order valence-corrected chi connectivity index (χ1v) is 8.88. The Kier molecular flexibility index (Phi) is 7.23. The zero-order valence-electron chi connectivity index (χ0n) is 16.2. The summed E-state index contributed by atoms with van der Waals surface area (Å²) in [5, 5.41) is 2.86. The van der Waals surface area contributed by atoms with Gasteiger partial charge in [0.2, 0.25) is 11.8 Å². The summed E-state index contributed by atoms with van der Waals surface area (Å²) >= 11 is 0. The van der Waals surface area contributed by atoms with Crippen LogP contribution in [0.2, 0.25) is 0 Å². The number of hydrogen-bond acceptors (Lipinski definition) is 4. The molecule has 0 radical (unpaired) electrons. The van der Waals surface area contributed by atoms with Crippen LogP contribution >= 0.6 is 0 Å². The number of carbonyl (C=O) groups excluding carboxylic acids is 2. The molecular formula is C21H26N2O4. The Morgan fingerprint density at radius 3 is 2.33 bits per heavy atom. The topological polar surface area (TPSA) is 67.9 Å². The largest absolute Gasteiger partial charge is 0.497 e. The predicted molar refractivity (Wildman–Crippen MR) is 106 cm³/mol. The summed E-state index contributed by atoms with van der Waals surface area (Å²) in [4.78, 5) is 25.9. The third kappa shape index (κ3) is 6.02. The van der Waals surface area contributed by atoms with E-state index >= 15 is 0 Å². The Labute approximate surface area is 160 Å². The number of carbonyl (C=O) groups is 2. The van der Waals surface area contributed by atoms with Gasteiger partial charge in [-0.25, -0.2) is 0 Å². The van der Waals surface area contributed by atoms with Gasteiger partial charge in [0.25, 0.3) is 0 Å². The highest BCUT2D eigenvalue weighted by molar-refractivity contribution is 5.95. The highest BCUT2D eigenvalue weighted by Crippen LogP contribution is 2.25. The second-order valence-electron chi connectivity index (χ2n) is 6.33. The molecule has 2 amide bonds. The fourth-order valence-electron chi connectivity index (χ4n) is 2.58. The number of amides is 2. The molecule has 2 aromatic carbocycles. The van der Waals surface area contributed by atoms with Gasteiger partial charge in [0.05, 0.1) is 18.9 Å². The van der Waals surface area contributed by atoms with Crippen LogP contribution in [0, 0.1) is 0 Å². The molecule has 0 saturated heterocycles. The van der Waals surface area contributed by atoms with Crippen LogP contribution in [0.15, 0.2) is 48.5 Å². The average Bonchev–Trinajstić information content (AvgIpc) is 2.63. The number of anilines is 2. The van der Waals surface area contributed by atoms with Crippen LogP contribution in [0.5, 0.6) is 11.5 Å². The molecule has 144 valence electrons. The molecule has 0 aliphatic carbocycles. The lowest BCUT2D eigenvalue weighted by atomic mass is 10.2. The van der Waals surface area contributed by atoms with Gasteiger partial charge in [-0.1, -0.05) is 12.1 Å². The van der Waals surface area contributed by atoms with Crippen molar-refractivity contribution < 1.29 is 19.1 Å². The summed E-state index contributed by atoms with van der Waals surface area (Å²) in [6, 6.07) is 14.5. The second-order valence-corrected chi connectivity index (χ2v) is 6.33. The molecule has 1 N–H and O–H groups in total. The molecule has 0 bridgehead atoms. The zero-order chi connectivity index (χ0) is 19.8. The van der Waals surface area contributed by atoms with Crippen LogP contribution in [0.25, 0.3) is 0 Å². The molecule has 27 heavy (non-hydrogen) atoms. The first-order chi connectivity index (χ1) is 12.9. The zero-order valence-corrected chi connectivity index (χ0v) is 16.2. The molecule has 0 unspecified atom stereocenters. The smallest absolute Gasteiger partial charge is 0.226 e. The summed E-state index contributed by atoms with van der Waals surface area (Å²) in [5.41, 5.74) is 1.34. The molecule has 0 saturated carbocycles. The third-order valence-electron chi connectivity index (χ3n) is 3.85. The number of benzene rings is 2. The molecule has 2 aromatic rings. The molecule has 0 aromatic heterocycles. The van der Waals surface area contributed by atoms with Crippen LogP contribution in [0.1, 0.15) is 27.2 Å². The standard InChI is InChI=1S/C21H26N2O4/c1-15(2)27-20-8-6-5-7-19(20)22-21(25)13-14-23(16(3)24)17-9-11-18(26-4)12-10-17/h5-12,15H,13-14H2,1-4H3,(H,22,25). The number of para-hydroxylation sites is 2. The number of nitrogens with one attached hydrogen (secondary N) is 1. The summed E-state index contributed by atoms with van der Waals surface area (Å²) in [7, 11) is 1.59. The number of rotatable bonds is 8. The summed E-state index contributed by atoms with van der Waals surface area (Å²) in [5.74, 6) is 1.02. The van der Waals surface area contributed by atoms with E-state index in [9.17, 15) is 9.59 Å². The number of ether oxygens (including phenoxy) is 2. The van der Waals surface area contributed by atoms with Crippen LogP contribution in [-0.4, -0.2) is 31.6 Å². The maximum Gasteiger partial charge on any atom is 0.226 e. The Balaban J connectivity index is 2.01. The Morgan fingerprint density at radius 2 is 1.74 bits per heavy atom. The maximum atomic E-state index is 12.4. The molecule has 0 aliphatic rings. The van der Waals surface area contributed by atoms with E-state index in [-0.39, 0.29) is 30.9 Å². The lowest BCUT2D eigenvalue weighted by Gasteiger charge is -2.21. The average molecular weight is 370 g/mol. The SMILES string of the molecule is COc1ccc(N(CCC(=O)Nc2ccccc2OC(C)C)C(C)=O)cc1. The first-order valence-electron chi connectivity index (χ1n) is 8.88. The van der Waals surface area contributed by atoms with Gasteiger partial charge >= 0.3 is 0 Å². The van der Waals surface area contributed by atoms with Crippen molar-refractivity contribution in [3.8, 4) is 11.5 Å². The van der Waals surface area contributed by atoms with Crippen molar-refractivity contribution in [2.24, 2.45) is 0 Å². The fourth-order valence-corrected chi connectivity index (χ4v) is 2.58. The van der Waals surface area contributed by atoms with E-state index < -0.39 is 0 Å². The van der Waals surface area contributed by atoms with Gasteiger partial charge in [0.1, 0.15) is 11.5 Å². The van der Waals surface area contributed by atoms with Crippen LogP contribution in [0.4, 0.5) is 11.4 Å². The summed E-state index contributed by atoms with van der Waals surface area (Å²) in [6.45, 7) is 5.62. The lowest BCUT2D eigenvalue weighted by Crippen LogP contribution is -2.32. The Hall–Kier alpha value is -3.02. The molecule has 0 aliphatic heterocycles. The highest BCUT2D eigenvalue weighted by Gasteiger charge is 2.15. The number of methoxy groups -OCH3 is 1. The number of hydrogen-bond donors (Lipinski definition) is 1. The van der Waals surface area contributed by atoms with Crippen molar-refractivity contribution in [2.45, 2.75) is 33.3 Å². The second kappa shape index (κ2) is 9.62. The molecule has 0 fully saturated rings. The van der Waals surface area contributed by atoms with Gasteiger partial charge in [0, 0.05) is 25.6 Å². The van der Waals surface area contributed by atoms with E-state index in [0.717, 1.165) is 5.69 Å². The Bertz CT molecular complexity index is 772. The highest BCUT2D eigenvalue weighted by atomic mass is 16.5. The van der Waals surface area contributed by atoms with Crippen LogP contribution < -0.4 is 19.7 Å². The quantitative estimate of drug-likeness (QED) is 0.766.